The van der Waals surface area contributed by atoms with Gasteiger partial charge in [0.05, 0.1) is 10.7 Å². The Hall–Kier alpha value is -1.95. The molecule has 0 radical (unpaired) electrons. The fraction of sp³-hybridized carbons (Fsp3) is 0.167. The molecule has 0 aliphatic heterocycles. The second kappa shape index (κ2) is 5.14. The van der Waals surface area contributed by atoms with Crippen molar-refractivity contribution in [2.45, 2.75) is 13.0 Å². The highest BCUT2D eigenvalue weighted by molar-refractivity contribution is 7.09. The number of hydrogen-bond acceptors (Lipinski definition) is 4. The number of benzene rings is 1. The third kappa shape index (κ3) is 2.84. The lowest BCUT2D eigenvalue weighted by atomic mass is 10.2. The number of halogens is 1. The van der Waals surface area contributed by atoms with Crippen molar-refractivity contribution >= 4 is 22.9 Å². The Balaban J connectivity index is 2.24. The van der Waals surface area contributed by atoms with E-state index in [4.69, 9.17) is 5.73 Å². The molecule has 1 aromatic carbocycles. The molecule has 18 heavy (non-hydrogen) atoms. The van der Waals surface area contributed by atoms with Crippen LogP contribution in [0.5, 0.6) is 0 Å². The van der Waals surface area contributed by atoms with Crippen LogP contribution in [0.2, 0.25) is 0 Å². The molecule has 0 spiro atoms. The van der Waals surface area contributed by atoms with Crippen molar-refractivity contribution in [3.63, 3.8) is 0 Å². The van der Waals surface area contributed by atoms with Gasteiger partial charge < -0.3 is 11.1 Å². The fourth-order valence-corrected chi connectivity index (χ4v) is 2.19. The average Bonchev–Trinajstić information content (AvgIpc) is 2.72. The maximum absolute atomic E-state index is 13.1. The Morgan fingerprint density at radius 1 is 1.56 bits per heavy atom. The van der Waals surface area contributed by atoms with E-state index in [-0.39, 0.29) is 5.82 Å². The first kappa shape index (κ1) is 12.5. The molecule has 6 heteroatoms. The molecule has 3 N–H and O–H groups in total. The van der Waals surface area contributed by atoms with E-state index in [9.17, 15) is 9.18 Å². The van der Waals surface area contributed by atoms with Gasteiger partial charge in [0.2, 0.25) is 5.91 Å². The number of nitrogens with zero attached hydrogens (tertiary/aromatic N) is 1. The Kier molecular flexibility index (Phi) is 3.57. The second-order valence-corrected chi connectivity index (χ2v) is 4.84. The Bertz CT molecular complexity index is 570. The van der Waals surface area contributed by atoms with Gasteiger partial charge in [-0.15, -0.1) is 11.3 Å². The van der Waals surface area contributed by atoms with Crippen molar-refractivity contribution in [1.82, 2.24) is 4.98 Å². The average molecular weight is 265 g/mol. The van der Waals surface area contributed by atoms with E-state index >= 15 is 0 Å². The maximum atomic E-state index is 13.1. The molecular formula is C12H12FN3OS. The molecule has 0 aliphatic carbocycles. The van der Waals surface area contributed by atoms with Crippen LogP contribution >= 0.6 is 11.3 Å². The second-order valence-electron chi connectivity index (χ2n) is 3.78. The Labute approximate surface area is 108 Å². The van der Waals surface area contributed by atoms with Gasteiger partial charge >= 0.3 is 0 Å². The molecule has 1 amide bonds. The summed E-state index contributed by atoms with van der Waals surface area (Å²) in [5.41, 5.74) is 6.37. The van der Waals surface area contributed by atoms with Crippen LogP contribution in [0.4, 0.5) is 10.1 Å². The molecule has 2 aromatic rings. The summed E-state index contributed by atoms with van der Waals surface area (Å²) in [5, 5.41) is 5.48. The lowest BCUT2D eigenvalue weighted by Gasteiger charge is -2.14. The van der Waals surface area contributed by atoms with Gasteiger partial charge in [-0.05, 0) is 25.1 Å². The normalized spacial score (nSPS) is 12.1. The maximum Gasteiger partial charge on any atom is 0.246 e. The first-order chi connectivity index (χ1) is 8.56. The van der Waals surface area contributed by atoms with Gasteiger partial charge in [0.25, 0.3) is 0 Å². The molecule has 94 valence electrons. The van der Waals surface area contributed by atoms with Crippen molar-refractivity contribution in [3.8, 4) is 0 Å². The number of anilines is 1. The van der Waals surface area contributed by atoms with Crippen molar-refractivity contribution in [1.29, 1.82) is 0 Å². The van der Waals surface area contributed by atoms with E-state index in [1.807, 2.05) is 6.92 Å². The summed E-state index contributed by atoms with van der Waals surface area (Å²) in [7, 11) is 0. The Morgan fingerprint density at radius 3 is 2.89 bits per heavy atom. The Morgan fingerprint density at radius 2 is 2.33 bits per heavy atom. The largest absolute Gasteiger partial charge is 0.369 e. The van der Waals surface area contributed by atoms with Crippen LogP contribution in [0, 0.1) is 12.7 Å². The summed E-state index contributed by atoms with van der Waals surface area (Å²) in [6, 6.07) is 5.10. The minimum Gasteiger partial charge on any atom is -0.369 e. The number of carbonyl (C=O) groups is 1. The first-order valence-electron chi connectivity index (χ1n) is 5.29. The molecule has 1 atom stereocenters. The van der Waals surface area contributed by atoms with Crippen LogP contribution in [0.1, 0.15) is 16.7 Å². The number of nitrogens with two attached hydrogens (primary N) is 1. The smallest absolute Gasteiger partial charge is 0.246 e. The van der Waals surface area contributed by atoms with Gasteiger partial charge in [0, 0.05) is 11.1 Å². The number of rotatable bonds is 4. The molecule has 0 fully saturated rings. The summed E-state index contributed by atoms with van der Waals surface area (Å²) < 4.78 is 13.1. The molecule has 0 saturated carbocycles. The number of primary amides is 1. The molecule has 1 heterocycles. The van der Waals surface area contributed by atoms with E-state index in [2.05, 4.69) is 10.3 Å². The van der Waals surface area contributed by atoms with Crippen LogP contribution in [-0.4, -0.2) is 10.9 Å². The first-order valence-corrected chi connectivity index (χ1v) is 6.17. The quantitative estimate of drug-likeness (QED) is 0.890. The van der Waals surface area contributed by atoms with E-state index in [0.29, 0.717) is 11.4 Å². The minimum atomic E-state index is -0.753. The third-order valence-corrected chi connectivity index (χ3v) is 3.14. The summed E-state index contributed by atoms with van der Waals surface area (Å²) in [4.78, 5) is 15.6. The van der Waals surface area contributed by atoms with Gasteiger partial charge in [0.15, 0.2) is 0 Å². The van der Waals surface area contributed by atoms with E-state index in [0.717, 1.165) is 5.01 Å². The highest BCUT2D eigenvalue weighted by atomic mass is 32.1. The predicted octanol–water partition coefficient (Wildman–Crippen LogP) is 2.23. The number of aryl methyl sites for hydroxylation is 1. The van der Waals surface area contributed by atoms with E-state index < -0.39 is 11.9 Å². The highest BCUT2D eigenvalue weighted by Gasteiger charge is 2.20. The summed E-state index contributed by atoms with van der Waals surface area (Å²) in [6.45, 7) is 1.84. The topological polar surface area (TPSA) is 68.0 Å². The number of aromatic nitrogens is 1. The summed E-state index contributed by atoms with van der Waals surface area (Å²) >= 11 is 1.43. The summed E-state index contributed by atoms with van der Waals surface area (Å²) in [5.74, 6) is -0.928. The van der Waals surface area contributed by atoms with Crippen molar-refractivity contribution in [2.75, 3.05) is 5.32 Å². The molecular weight excluding hydrogens is 253 g/mol. The lowest BCUT2D eigenvalue weighted by Crippen LogP contribution is -2.28. The zero-order chi connectivity index (χ0) is 13.1. The predicted molar refractivity (Wildman–Crippen MR) is 68.8 cm³/mol. The number of thiazole rings is 1. The lowest BCUT2D eigenvalue weighted by molar-refractivity contribution is -0.118. The zero-order valence-electron chi connectivity index (χ0n) is 9.68. The van der Waals surface area contributed by atoms with Gasteiger partial charge in [-0.3, -0.25) is 4.79 Å². The molecule has 0 aliphatic rings. The molecule has 0 bridgehead atoms. The number of nitrogens with one attached hydrogen (secondary N) is 1. The van der Waals surface area contributed by atoms with Gasteiger partial charge in [-0.1, -0.05) is 6.07 Å². The fourth-order valence-electron chi connectivity index (χ4n) is 1.55. The van der Waals surface area contributed by atoms with Crippen molar-refractivity contribution < 1.29 is 9.18 Å². The molecule has 1 aromatic heterocycles. The third-order valence-electron chi connectivity index (χ3n) is 2.35. The van der Waals surface area contributed by atoms with Gasteiger partial charge in [-0.25, -0.2) is 9.37 Å². The SMILES string of the molecule is Cc1nc(C(Nc2cccc(F)c2)C(N)=O)cs1. The zero-order valence-corrected chi connectivity index (χ0v) is 10.5. The van der Waals surface area contributed by atoms with Crippen LogP contribution in [0.25, 0.3) is 0 Å². The molecule has 1 unspecified atom stereocenters. The number of carbonyl (C=O) groups excluding carboxylic acids is 1. The van der Waals surface area contributed by atoms with E-state index in [1.54, 1.807) is 17.5 Å². The van der Waals surface area contributed by atoms with E-state index in [1.165, 1.54) is 23.5 Å². The molecule has 0 saturated heterocycles. The minimum absolute atomic E-state index is 0.377. The van der Waals surface area contributed by atoms with Crippen LogP contribution in [0.15, 0.2) is 29.6 Å². The van der Waals surface area contributed by atoms with Crippen molar-refractivity contribution in [3.05, 3.63) is 46.2 Å². The van der Waals surface area contributed by atoms with Gasteiger partial charge in [-0.2, -0.15) is 0 Å². The molecule has 2 rings (SSSR count). The van der Waals surface area contributed by atoms with Crippen LogP contribution in [-0.2, 0) is 4.79 Å². The van der Waals surface area contributed by atoms with Crippen molar-refractivity contribution in [2.24, 2.45) is 5.73 Å². The standard InChI is InChI=1S/C12H12FN3OS/c1-7-15-10(6-18-7)11(12(14)17)16-9-4-2-3-8(13)5-9/h2-6,11,16H,1H3,(H2,14,17). The number of amides is 1. The monoisotopic (exact) mass is 265 g/mol. The summed E-state index contributed by atoms with van der Waals surface area (Å²) in [6.07, 6.45) is 0. The number of hydrogen-bond donors (Lipinski definition) is 2. The van der Waals surface area contributed by atoms with Gasteiger partial charge in [0.1, 0.15) is 11.9 Å². The van der Waals surface area contributed by atoms with Crippen LogP contribution in [0.3, 0.4) is 0 Å². The molecule has 4 nitrogen and oxygen atoms in total. The highest BCUT2D eigenvalue weighted by Crippen LogP contribution is 2.21. The van der Waals surface area contributed by atoms with Crippen LogP contribution < -0.4 is 11.1 Å².